The average molecular weight is 234 g/mol. The molecule has 0 spiro atoms. The fourth-order valence-electron chi connectivity index (χ4n) is 1.36. The molecule has 3 nitrogen and oxygen atoms in total. The number of hydrogen-bond donors (Lipinski definition) is 1. The first-order chi connectivity index (χ1) is 5.92. The summed E-state index contributed by atoms with van der Waals surface area (Å²) in [6, 6.07) is 6.06. The summed E-state index contributed by atoms with van der Waals surface area (Å²) in [7, 11) is 0. The predicted molar refractivity (Wildman–Crippen MR) is 62.4 cm³/mol. The third kappa shape index (κ3) is 2.38. The van der Waals surface area contributed by atoms with Gasteiger partial charge in [-0.15, -0.1) is 24.8 Å². The second-order valence-corrected chi connectivity index (χ2v) is 2.71. The summed E-state index contributed by atoms with van der Waals surface area (Å²) >= 11 is 0. The van der Waals surface area contributed by atoms with Crippen molar-refractivity contribution in [2.75, 3.05) is 6.54 Å². The van der Waals surface area contributed by atoms with Crippen molar-refractivity contribution in [1.82, 2.24) is 9.38 Å². The molecule has 2 N–H and O–H groups in total. The van der Waals surface area contributed by atoms with Gasteiger partial charge in [0.1, 0.15) is 5.65 Å². The van der Waals surface area contributed by atoms with Gasteiger partial charge in [-0.1, -0.05) is 6.07 Å². The summed E-state index contributed by atoms with van der Waals surface area (Å²) in [5.41, 5.74) is 7.69. The minimum atomic E-state index is 0. The normalized spacial score (nSPS) is 9.21. The Kier molecular flexibility index (Phi) is 5.53. The summed E-state index contributed by atoms with van der Waals surface area (Å²) in [6.07, 6.45) is 4.66. The highest BCUT2D eigenvalue weighted by Gasteiger charge is 1.97. The molecule has 2 aromatic heterocycles. The first-order valence-electron chi connectivity index (χ1n) is 4.03. The van der Waals surface area contributed by atoms with Gasteiger partial charge < -0.3 is 10.1 Å². The van der Waals surface area contributed by atoms with Gasteiger partial charge in [0.2, 0.25) is 0 Å². The molecule has 0 saturated carbocycles. The number of halogens is 2. The van der Waals surface area contributed by atoms with E-state index in [0.717, 1.165) is 12.1 Å². The summed E-state index contributed by atoms with van der Waals surface area (Å²) in [5.74, 6) is 0. The monoisotopic (exact) mass is 233 g/mol. The minimum absolute atomic E-state index is 0. The third-order valence-electron chi connectivity index (χ3n) is 1.91. The summed E-state index contributed by atoms with van der Waals surface area (Å²) < 4.78 is 2.06. The Hall–Kier alpha value is -0.770. The fourth-order valence-corrected chi connectivity index (χ4v) is 1.36. The molecule has 0 aliphatic carbocycles. The maximum atomic E-state index is 5.49. The Morgan fingerprint density at radius 2 is 2.07 bits per heavy atom. The van der Waals surface area contributed by atoms with E-state index in [2.05, 4.69) is 15.5 Å². The molecule has 0 amide bonds. The molecule has 5 heteroatoms. The minimum Gasteiger partial charge on any atom is -0.330 e. The molecular weight excluding hydrogens is 221 g/mol. The van der Waals surface area contributed by atoms with E-state index >= 15 is 0 Å². The molecule has 14 heavy (non-hydrogen) atoms. The van der Waals surface area contributed by atoms with Crippen molar-refractivity contribution in [1.29, 1.82) is 0 Å². The number of aromatic nitrogens is 2. The Labute approximate surface area is 95.1 Å². The molecule has 2 aromatic rings. The van der Waals surface area contributed by atoms with Crippen LogP contribution < -0.4 is 5.73 Å². The van der Waals surface area contributed by atoms with Crippen LogP contribution in [0.4, 0.5) is 0 Å². The van der Waals surface area contributed by atoms with Gasteiger partial charge >= 0.3 is 0 Å². The number of nitrogens with two attached hydrogens (primary N) is 1. The van der Waals surface area contributed by atoms with Crippen LogP contribution in [-0.4, -0.2) is 15.9 Å². The molecule has 2 rings (SSSR count). The second-order valence-electron chi connectivity index (χ2n) is 2.71. The molecule has 0 aliphatic heterocycles. The summed E-state index contributed by atoms with van der Waals surface area (Å²) in [4.78, 5) is 4.18. The van der Waals surface area contributed by atoms with Crippen molar-refractivity contribution >= 4 is 30.5 Å². The van der Waals surface area contributed by atoms with E-state index in [0.29, 0.717) is 6.54 Å². The molecule has 0 radical (unpaired) electrons. The van der Waals surface area contributed by atoms with Crippen LogP contribution in [-0.2, 0) is 6.42 Å². The van der Waals surface area contributed by atoms with Crippen LogP contribution in [0.15, 0.2) is 30.6 Å². The number of nitrogens with zero attached hydrogens (tertiary/aromatic N) is 2. The molecule has 0 unspecified atom stereocenters. The van der Waals surface area contributed by atoms with Gasteiger partial charge in [-0.3, -0.25) is 0 Å². The molecule has 0 bridgehead atoms. The number of hydrogen-bond acceptors (Lipinski definition) is 2. The highest BCUT2D eigenvalue weighted by molar-refractivity contribution is 5.85. The Balaban J connectivity index is 0.000000845. The number of fused-ring (bicyclic) bond motifs is 1. The van der Waals surface area contributed by atoms with Gasteiger partial charge in [0, 0.05) is 24.5 Å². The lowest BCUT2D eigenvalue weighted by Crippen LogP contribution is -2.06. The number of rotatable bonds is 2. The molecule has 0 aromatic carbocycles. The lowest BCUT2D eigenvalue weighted by atomic mass is 10.2. The zero-order valence-electron chi connectivity index (χ0n) is 7.59. The number of pyridine rings is 1. The quantitative estimate of drug-likeness (QED) is 0.859. The largest absolute Gasteiger partial charge is 0.330 e. The van der Waals surface area contributed by atoms with E-state index in [1.165, 1.54) is 5.69 Å². The maximum Gasteiger partial charge on any atom is 0.136 e. The molecule has 78 valence electrons. The molecule has 2 heterocycles. The Morgan fingerprint density at radius 1 is 1.29 bits per heavy atom. The smallest absolute Gasteiger partial charge is 0.136 e. The van der Waals surface area contributed by atoms with Crippen molar-refractivity contribution in [2.45, 2.75) is 6.42 Å². The van der Waals surface area contributed by atoms with Crippen LogP contribution in [0.1, 0.15) is 5.69 Å². The van der Waals surface area contributed by atoms with E-state index in [1.807, 2.05) is 18.3 Å². The van der Waals surface area contributed by atoms with Crippen LogP contribution in [0.5, 0.6) is 0 Å². The van der Waals surface area contributed by atoms with Crippen LogP contribution >= 0.6 is 24.8 Å². The highest BCUT2D eigenvalue weighted by atomic mass is 35.5. The van der Waals surface area contributed by atoms with Crippen LogP contribution in [0, 0.1) is 0 Å². The SMILES string of the molecule is Cl.Cl.NCCc1cccc2nccn12. The summed E-state index contributed by atoms with van der Waals surface area (Å²) in [6.45, 7) is 0.678. The predicted octanol–water partition coefficient (Wildman–Crippen LogP) is 1.68. The van der Waals surface area contributed by atoms with Crippen molar-refractivity contribution < 1.29 is 0 Å². The third-order valence-corrected chi connectivity index (χ3v) is 1.91. The fraction of sp³-hybridized carbons (Fsp3) is 0.222. The number of imidazole rings is 1. The Morgan fingerprint density at radius 3 is 2.79 bits per heavy atom. The van der Waals surface area contributed by atoms with Gasteiger partial charge in [0.15, 0.2) is 0 Å². The van der Waals surface area contributed by atoms with Gasteiger partial charge in [-0.05, 0) is 18.7 Å². The first kappa shape index (κ1) is 13.2. The average Bonchev–Trinajstić information content (AvgIpc) is 2.53. The highest BCUT2D eigenvalue weighted by Crippen LogP contribution is 2.05. The van der Waals surface area contributed by atoms with Crippen LogP contribution in [0.2, 0.25) is 0 Å². The van der Waals surface area contributed by atoms with Gasteiger partial charge in [-0.2, -0.15) is 0 Å². The van der Waals surface area contributed by atoms with Crippen LogP contribution in [0.25, 0.3) is 5.65 Å². The standard InChI is InChI=1S/C9H11N3.2ClH/c10-5-4-8-2-1-3-9-11-6-7-12(8)9;;/h1-3,6-7H,4-5,10H2;2*1H. The van der Waals surface area contributed by atoms with Gasteiger partial charge in [0.05, 0.1) is 0 Å². The molecule has 0 fully saturated rings. The second kappa shape index (κ2) is 5.86. The van der Waals surface area contributed by atoms with Gasteiger partial charge in [-0.25, -0.2) is 4.98 Å². The van der Waals surface area contributed by atoms with E-state index in [1.54, 1.807) is 6.20 Å². The molecule has 0 saturated heterocycles. The maximum absolute atomic E-state index is 5.49. The summed E-state index contributed by atoms with van der Waals surface area (Å²) in [5, 5.41) is 0. The van der Waals surface area contributed by atoms with Crippen molar-refractivity contribution in [3.63, 3.8) is 0 Å². The zero-order chi connectivity index (χ0) is 8.39. The van der Waals surface area contributed by atoms with E-state index in [-0.39, 0.29) is 24.8 Å². The van der Waals surface area contributed by atoms with Crippen molar-refractivity contribution in [3.05, 3.63) is 36.3 Å². The molecule has 0 aliphatic rings. The lowest BCUT2D eigenvalue weighted by Gasteiger charge is -2.01. The zero-order valence-corrected chi connectivity index (χ0v) is 9.22. The molecular formula is C9H13Cl2N3. The van der Waals surface area contributed by atoms with E-state index in [4.69, 9.17) is 5.73 Å². The van der Waals surface area contributed by atoms with Crippen molar-refractivity contribution in [2.24, 2.45) is 5.73 Å². The van der Waals surface area contributed by atoms with Crippen LogP contribution in [0.3, 0.4) is 0 Å². The van der Waals surface area contributed by atoms with Gasteiger partial charge in [0.25, 0.3) is 0 Å². The van der Waals surface area contributed by atoms with Crippen molar-refractivity contribution in [3.8, 4) is 0 Å². The lowest BCUT2D eigenvalue weighted by molar-refractivity contribution is 0.896. The topological polar surface area (TPSA) is 43.3 Å². The first-order valence-corrected chi connectivity index (χ1v) is 4.03. The van der Waals surface area contributed by atoms with E-state index < -0.39 is 0 Å². The Bertz CT molecular complexity index is 386. The van der Waals surface area contributed by atoms with E-state index in [9.17, 15) is 0 Å². The molecule has 0 atom stereocenters.